The zero-order chi connectivity index (χ0) is 22.9. The molecule has 3 aromatic rings. The van der Waals surface area contributed by atoms with Crippen LogP contribution in [0.5, 0.6) is 0 Å². The molecule has 1 unspecified atom stereocenters. The molecular formula is C27H36N6. The summed E-state index contributed by atoms with van der Waals surface area (Å²) in [5, 5.41) is 7.07. The molecule has 0 aliphatic carbocycles. The summed E-state index contributed by atoms with van der Waals surface area (Å²) in [6.45, 7) is 8.81. The molecule has 0 saturated carbocycles. The number of rotatable bonds is 8. The number of hydrogen-bond donors (Lipinski definition) is 2. The van der Waals surface area contributed by atoms with Gasteiger partial charge in [-0.25, -0.2) is 9.98 Å². The summed E-state index contributed by atoms with van der Waals surface area (Å²) < 4.78 is 2.17. The van der Waals surface area contributed by atoms with Crippen LogP contribution >= 0.6 is 0 Å². The molecule has 33 heavy (non-hydrogen) atoms. The predicted octanol–water partition coefficient (Wildman–Crippen LogP) is 4.21. The Bertz CT molecular complexity index is 990. The third-order valence-electron chi connectivity index (χ3n) is 6.42. The second kappa shape index (κ2) is 11.7. The first-order valence-electron chi connectivity index (χ1n) is 12.1. The van der Waals surface area contributed by atoms with Gasteiger partial charge in [-0.15, -0.1) is 0 Å². The molecule has 174 valence electrons. The zero-order valence-electron chi connectivity index (χ0n) is 19.8. The number of piperidine rings is 1. The van der Waals surface area contributed by atoms with Gasteiger partial charge in [0.15, 0.2) is 5.96 Å². The van der Waals surface area contributed by atoms with Gasteiger partial charge in [0, 0.05) is 50.7 Å². The summed E-state index contributed by atoms with van der Waals surface area (Å²) in [5.74, 6) is 1.85. The second-order valence-corrected chi connectivity index (χ2v) is 8.69. The Kier molecular flexibility index (Phi) is 8.14. The summed E-state index contributed by atoms with van der Waals surface area (Å²) in [7, 11) is 0. The first-order chi connectivity index (χ1) is 16.2. The zero-order valence-corrected chi connectivity index (χ0v) is 19.8. The van der Waals surface area contributed by atoms with Gasteiger partial charge in [0.1, 0.15) is 12.4 Å². The minimum absolute atomic E-state index is 0.436. The van der Waals surface area contributed by atoms with Crippen molar-refractivity contribution >= 4 is 5.96 Å². The quantitative estimate of drug-likeness (QED) is 0.404. The fourth-order valence-corrected chi connectivity index (χ4v) is 4.45. The van der Waals surface area contributed by atoms with Crippen LogP contribution in [0.3, 0.4) is 0 Å². The van der Waals surface area contributed by atoms with Crippen molar-refractivity contribution in [1.29, 1.82) is 0 Å². The van der Waals surface area contributed by atoms with Crippen molar-refractivity contribution < 1.29 is 0 Å². The Morgan fingerprint density at radius 3 is 2.45 bits per heavy atom. The Morgan fingerprint density at radius 1 is 1.06 bits per heavy atom. The van der Waals surface area contributed by atoms with Gasteiger partial charge in [-0.2, -0.15) is 0 Å². The molecule has 2 heterocycles. The van der Waals surface area contributed by atoms with Gasteiger partial charge in [0.25, 0.3) is 0 Å². The van der Waals surface area contributed by atoms with Gasteiger partial charge in [-0.3, -0.25) is 4.90 Å². The molecule has 6 heteroatoms. The maximum Gasteiger partial charge on any atom is 0.191 e. The minimum Gasteiger partial charge on any atom is -0.357 e. The molecule has 2 aromatic carbocycles. The largest absolute Gasteiger partial charge is 0.357 e. The van der Waals surface area contributed by atoms with E-state index in [4.69, 9.17) is 4.99 Å². The third kappa shape index (κ3) is 6.45. The smallest absolute Gasteiger partial charge is 0.191 e. The number of benzene rings is 2. The van der Waals surface area contributed by atoms with Crippen LogP contribution in [0.2, 0.25) is 0 Å². The van der Waals surface area contributed by atoms with Crippen molar-refractivity contribution in [1.82, 2.24) is 25.1 Å². The van der Waals surface area contributed by atoms with E-state index in [1.165, 1.54) is 11.1 Å². The highest BCUT2D eigenvalue weighted by molar-refractivity contribution is 5.80. The first kappa shape index (κ1) is 23.1. The van der Waals surface area contributed by atoms with Crippen LogP contribution in [0.4, 0.5) is 0 Å². The number of guanidine groups is 1. The highest BCUT2D eigenvalue weighted by Crippen LogP contribution is 2.24. The van der Waals surface area contributed by atoms with Crippen molar-refractivity contribution in [2.24, 2.45) is 4.99 Å². The summed E-state index contributed by atoms with van der Waals surface area (Å²) in [6.07, 6.45) is 6.12. The third-order valence-corrected chi connectivity index (χ3v) is 6.42. The number of likely N-dealkylation sites (tertiary alicyclic amines) is 1. The Morgan fingerprint density at radius 2 is 1.76 bits per heavy atom. The van der Waals surface area contributed by atoms with E-state index < -0.39 is 0 Å². The van der Waals surface area contributed by atoms with E-state index in [0.717, 1.165) is 50.8 Å². The molecule has 1 atom stereocenters. The fourth-order valence-electron chi connectivity index (χ4n) is 4.45. The molecule has 6 nitrogen and oxygen atoms in total. The monoisotopic (exact) mass is 444 g/mol. The molecule has 0 radical (unpaired) electrons. The maximum absolute atomic E-state index is 4.85. The van der Waals surface area contributed by atoms with Crippen LogP contribution in [0, 0.1) is 0 Å². The van der Waals surface area contributed by atoms with Crippen LogP contribution in [0.25, 0.3) is 0 Å². The maximum atomic E-state index is 4.85. The lowest BCUT2D eigenvalue weighted by atomic mass is 10.0. The van der Waals surface area contributed by atoms with Crippen molar-refractivity contribution in [3.63, 3.8) is 0 Å². The van der Waals surface area contributed by atoms with E-state index in [9.17, 15) is 0 Å². The topological polar surface area (TPSA) is 57.5 Å². The highest BCUT2D eigenvalue weighted by atomic mass is 15.2. The Labute approximate surface area is 197 Å². The SMILES string of the molecule is CCNC(=NCc1nccn1Cc1ccccc1)NC1CCN(C(C)c2ccccc2)CC1. The normalized spacial score (nSPS) is 16.5. The standard InChI is InChI=1S/C27H36N6/c1-3-28-27(30-20-26-29-16-19-33(26)21-23-10-6-4-7-11-23)31-25-14-17-32(18-15-25)22(2)24-12-8-5-9-13-24/h4-13,16,19,22,25H,3,14-15,17-18,20-21H2,1-2H3,(H2,28,30,31). The van der Waals surface area contributed by atoms with Crippen LogP contribution in [0.15, 0.2) is 78.0 Å². The molecule has 1 fully saturated rings. The van der Waals surface area contributed by atoms with Crippen LogP contribution in [0.1, 0.15) is 49.7 Å². The van der Waals surface area contributed by atoms with Gasteiger partial charge in [0.05, 0.1) is 0 Å². The van der Waals surface area contributed by atoms with Crippen molar-refractivity contribution in [3.8, 4) is 0 Å². The van der Waals surface area contributed by atoms with Crippen molar-refractivity contribution in [2.75, 3.05) is 19.6 Å². The lowest BCUT2D eigenvalue weighted by Crippen LogP contribution is -2.49. The molecule has 2 N–H and O–H groups in total. The average Bonchev–Trinajstić information content (AvgIpc) is 3.30. The molecule has 0 bridgehead atoms. The second-order valence-electron chi connectivity index (χ2n) is 8.69. The van der Waals surface area contributed by atoms with Gasteiger partial charge < -0.3 is 15.2 Å². The number of nitrogens with zero attached hydrogens (tertiary/aromatic N) is 4. The molecular weight excluding hydrogens is 408 g/mol. The first-order valence-corrected chi connectivity index (χ1v) is 12.1. The number of imidazole rings is 1. The van der Waals surface area contributed by atoms with Crippen molar-refractivity contribution in [2.45, 2.75) is 51.9 Å². The van der Waals surface area contributed by atoms with Crippen LogP contribution < -0.4 is 10.6 Å². The molecule has 1 saturated heterocycles. The van der Waals surface area contributed by atoms with E-state index in [1.54, 1.807) is 0 Å². The van der Waals surface area contributed by atoms with Gasteiger partial charge in [-0.05, 0) is 37.8 Å². The molecule has 4 rings (SSSR count). The van der Waals surface area contributed by atoms with E-state index in [-0.39, 0.29) is 0 Å². The van der Waals surface area contributed by atoms with Gasteiger partial charge in [-0.1, -0.05) is 60.7 Å². The van der Waals surface area contributed by atoms with E-state index in [0.29, 0.717) is 18.6 Å². The number of aliphatic imine (C=N–C) groups is 1. The Hall–Kier alpha value is -3.12. The highest BCUT2D eigenvalue weighted by Gasteiger charge is 2.24. The van der Waals surface area contributed by atoms with Crippen LogP contribution in [-0.2, 0) is 13.1 Å². The lowest BCUT2D eigenvalue weighted by Gasteiger charge is -2.37. The Balaban J connectivity index is 1.32. The van der Waals surface area contributed by atoms with Gasteiger partial charge >= 0.3 is 0 Å². The minimum atomic E-state index is 0.436. The van der Waals surface area contributed by atoms with Crippen LogP contribution in [-0.4, -0.2) is 46.1 Å². The molecule has 1 aliphatic heterocycles. The molecule has 1 aliphatic rings. The van der Waals surface area contributed by atoms with E-state index in [2.05, 4.69) is 93.5 Å². The average molecular weight is 445 g/mol. The lowest BCUT2D eigenvalue weighted by molar-refractivity contribution is 0.158. The number of nitrogens with one attached hydrogen (secondary N) is 2. The summed E-state index contributed by atoms with van der Waals surface area (Å²) in [5.41, 5.74) is 2.66. The summed E-state index contributed by atoms with van der Waals surface area (Å²) >= 11 is 0. The summed E-state index contributed by atoms with van der Waals surface area (Å²) in [4.78, 5) is 12.0. The fraction of sp³-hybridized carbons (Fsp3) is 0.407. The van der Waals surface area contributed by atoms with Gasteiger partial charge in [0.2, 0.25) is 0 Å². The molecule has 1 aromatic heterocycles. The number of aromatic nitrogens is 2. The number of hydrogen-bond acceptors (Lipinski definition) is 3. The molecule has 0 spiro atoms. The van der Waals surface area contributed by atoms with Crippen molar-refractivity contribution in [3.05, 3.63) is 90.0 Å². The van der Waals surface area contributed by atoms with E-state index >= 15 is 0 Å². The van der Waals surface area contributed by atoms with E-state index in [1.807, 2.05) is 18.5 Å². The predicted molar refractivity (Wildman–Crippen MR) is 135 cm³/mol. The summed E-state index contributed by atoms with van der Waals surface area (Å²) in [6, 6.07) is 22.2. The molecule has 0 amide bonds.